The average Bonchev–Trinajstić information content (AvgIpc) is 3.20. The Kier molecular flexibility index (Phi) is 3.47. The molecule has 0 aliphatic rings. The molecule has 0 N–H and O–H groups in total. The van der Waals surface area contributed by atoms with E-state index in [2.05, 4.69) is 63.5 Å². The molecule has 4 rings (SSSR count). The largest absolute Gasteiger partial charge is 0.144 e. The van der Waals surface area contributed by atoms with E-state index in [1.165, 1.54) is 31.8 Å². The van der Waals surface area contributed by atoms with Gasteiger partial charge in [0.2, 0.25) is 0 Å². The van der Waals surface area contributed by atoms with E-state index in [1.54, 1.807) is 23.1 Å². The van der Waals surface area contributed by atoms with Gasteiger partial charge in [0, 0.05) is 15.3 Å². The van der Waals surface area contributed by atoms with Crippen molar-refractivity contribution in [1.82, 2.24) is 9.59 Å². The molecule has 0 fully saturated rings. The summed E-state index contributed by atoms with van der Waals surface area (Å²) in [5, 5.41) is 6.44. The van der Waals surface area contributed by atoms with Gasteiger partial charge in [-0.15, -0.1) is 16.4 Å². The van der Waals surface area contributed by atoms with Crippen LogP contribution in [0, 0.1) is 0 Å². The molecule has 0 radical (unpaired) electrons. The van der Waals surface area contributed by atoms with E-state index in [-0.39, 0.29) is 0 Å². The number of hydrogen-bond donors (Lipinski definition) is 0. The van der Waals surface area contributed by atoms with Gasteiger partial charge >= 0.3 is 0 Å². The van der Waals surface area contributed by atoms with Crippen molar-refractivity contribution in [2.24, 2.45) is 0 Å². The zero-order valence-electron chi connectivity index (χ0n) is 10.9. The fourth-order valence-electron chi connectivity index (χ4n) is 2.16. The molecule has 0 amide bonds. The predicted octanol–water partition coefficient (Wildman–Crippen LogP) is 5.57. The molecule has 21 heavy (non-hydrogen) atoms. The lowest BCUT2D eigenvalue weighted by molar-refractivity contribution is 1.18. The van der Waals surface area contributed by atoms with Crippen LogP contribution in [0.1, 0.15) is 0 Å². The summed E-state index contributed by atoms with van der Waals surface area (Å²) >= 11 is 4.96. The van der Waals surface area contributed by atoms with Gasteiger partial charge in [-0.05, 0) is 41.2 Å². The van der Waals surface area contributed by atoms with Gasteiger partial charge in [-0.1, -0.05) is 46.6 Å². The third kappa shape index (κ3) is 2.48. The molecule has 2 nitrogen and oxygen atoms in total. The first kappa shape index (κ1) is 13.0. The Morgan fingerprint density at radius 2 is 1.81 bits per heavy atom. The Hall–Kier alpha value is -1.69. The van der Waals surface area contributed by atoms with E-state index in [4.69, 9.17) is 0 Å². The highest BCUT2D eigenvalue weighted by molar-refractivity contribution is 7.99. The molecule has 0 saturated carbocycles. The van der Waals surface area contributed by atoms with E-state index in [0.717, 1.165) is 10.2 Å². The normalized spacial score (nSPS) is 11.0. The zero-order chi connectivity index (χ0) is 14.1. The Morgan fingerprint density at radius 3 is 2.62 bits per heavy atom. The first-order chi connectivity index (χ1) is 10.4. The molecular weight excluding hydrogens is 316 g/mol. The number of thiophene rings is 1. The van der Waals surface area contributed by atoms with Crippen LogP contribution in [0.5, 0.6) is 0 Å². The fourth-order valence-corrected chi connectivity index (χ4v) is 4.68. The monoisotopic (exact) mass is 326 g/mol. The van der Waals surface area contributed by atoms with Crippen LogP contribution in [-0.4, -0.2) is 9.59 Å². The quantitative estimate of drug-likeness (QED) is 0.492. The number of hydrogen-bond acceptors (Lipinski definition) is 5. The predicted molar refractivity (Wildman–Crippen MR) is 91.3 cm³/mol. The summed E-state index contributed by atoms with van der Waals surface area (Å²) in [5.74, 6) is 0. The summed E-state index contributed by atoms with van der Waals surface area (Å²) in [5.41, 5.74) is 2.24. The molecule has 0 aliphatic heterocycles. The van der Waals surface area contributed by atoms with Gasteiger partial charge in [0.1, 0.15) is 5.52 Å². The highest BCUT2D eigenvalue weighted by atomic mass is 32.2. The number of benzene rings is 2. The molecule has 2 heterocycles. The van der Waals surface area contributed by atoms with E-state index < -0.39 is 0 Å². The first-order valence-corrected chi connectivity index (χ1v) is 8.90. The van der Waals surface area contributed by atoms with Crippen molar-refractivity contribution in [2.45, 2.75) is 9.79 Å². The second kappa shape index (κ2) is 5.60. The Bertz CT molecular complexity index is 867. The number of aromatic nitrogens is 2. The molecule has 2 aromatic carbocycles. The third-order valence-electron chi connectivity index (χ3n) is 3.12. The standard InChI is InChI=1S/C16H10N2S3/c1-2-5-11(6-3-1)20-16-12(13-7-4-10-19-13)8-9-14-15(16)17-18-21-14/h1-10H. The molecule has 0 atom stereocenters. The van der Waals surface area contributed by atoms with Crippen molar-refractivity contribution in [3.05, 3.63) is 60.0 Å². The smallest absolute Gasteiger partial charge is 0.120 e. The maximum atomic E-state index is 4.34. The van der Waals surface area contributed by atoms with Crippen LogP contribution in [0.2, 0.25) is 0 Å². The van der Waals surface area contributed by atoms with Gasteiger partial charge in [-0.2, -0.15) is 0 Å². The molecule has 0 aliphatic carbocycles. The first-order valence-electron chi connectivity index (χ1n) is 6.44. The van der Waals surface area contributed by atoms with Crippen LogP contribution in [0.15, 0.2) is 69.8 Å². The SMILES string of the molecule is c1ccc(Sc2c(-c3cccs3)ccc3snnc23)cc1. The maximum Gasteiger partial charge on any atom is 0.120 e. The van der Waals surface area contributed by atoms with Crippen molar-refractivity contribution in [3.63, 3.8) is 0 Å². The molecule has 0 saturated heterocycles. The van der Waals surface area contributed by atoms with Crippen molar-refractivity contribution in [2.75, 3.05) is 0 Å². The second-order valence-corrected chi connectivity index (χ2v) is 7.27. The van der Waals surface area contributed by atoms with Crippen LogP contribution in [0.3, 0.4) is 0 Å². The summed E-state index contributed by atoms with van der Waals surface area (Å²) < 4.78 is 5.24. The number of rotatable bonds is 3. The molecular formula is C16H10N2S3. The van der Waals surface area contributed by atoms with Crippen LogP contribution >= 0.6 is 34.6 Å². The van der Waals surface area contributed by atoms with E-state index in [0.29, 0.717) is 0 Å². The molecule has 5 heteroatoms. The van der Waals surface area contributed by atoms with Crippen LogP contribution in [0.4, 0.5) is 0 Å². The van der Waals surface area contributed by atoms with E-state index in [9.17, 15) is 0 Å². The average molecular weight is 326 g/mol. The third-order valence-corrected chi connectivity index (χ3v) is 5.84. The Balaban J connectivity index is 1.91. The second-order valence-electron chi connectivity index (χ2n) is 4.45. The molecule has 0 bridgehead atoms. The summed E-state index contributed by atoms with van der Waals surface area (Å²) in [4.78, 5) is 3.68. The van der Waals surface area contributed by atoms with Crippen LogP contribution in [-0.2, 0) is 0 Å². The lowest BCUT2D eigenvalue weighted by Gasteiger charge is -2.08. The van der Waals surface area contributed by atoms with Crippen molar-refractivity contribution in [1.29, 1.82) is 0 Å². The van der Waals surface area contributed by atoms with E-state index >= 15 is 0 Å². The number of nitrogens with zero attached hydrogens (tertiary/aromatic N) is 2. The van der Waals surface area contributed by atoms with E-state index in [1.807, 2.05) is 6.07 Å². The molecule has 0 unspecified atom stereocenters. The minimum Gasteiger partial charge on any atom is -0.144 e. The lowest BCUT2D eigenvalue weighted by atomic mass is 10.2. The summed E-state index contributed by atoms with van der Waals surface area (Å²) in [6, 6.07) is 18.9. The lowest BCUT2D eigenvalue weighted by Crippen LogP contribution is -1.83. The maximum absolute atomic E-state index is 4.34. The topological polar surface area (TPSA) is 25.8 Å². The molecule has 2 aromatic heterocycles. The van der Waals surface area contributed by atoms with Crippen molar-refractivity contribution < 1.29 is 0 Å². The fraction of sp³-hybridized carbons (Fsp3) is 0. The summed E-state index contributed by atoms with van der Waals surface area (Å²) in [7, 11) is 0. The van der Waals surface area contributed by atoms with Gasteiger partial charge in [0.15, 0.2) is 0 Å². The van der Waals surface area contributed by atoms with Crippen molar-refractivity contribution >= 4 is 44.8 Å². The Morgan fingerprint density at radius 1 is 0.905 bits per heavy atom. The van der Waals surface area contributed by atoms with Gasteiger partial charge in [-0.3, -0.25) is 0 Å². The zero-order valence-corrected chi connectivity index (χ0v) is 13.3. The molecule has 0 spiro atoms. The van der Waals surface area contributed by atoms with Crippen LogP contribution in [0.25, 0.3) is 20.7 Å². The summed E-state index contributed by atoms with van der Waals surface area (Å²) in [6.07, 6.45) is 0. The summed E-state index contributed by atoms with van der Waals surface area (Å²) in [6.45, 7) is 0. The number of fused-ring (bicyclic) bond motifs is 1. The van der Waals surface area contributed by atoms with Gasteiger partial charge in [0.05, 0.1) is 9.60 Å². The van der Waals surface area contributed by atoms with Gasteiger partial charge in [-0.25, -0.2) is 0 Å². The van der Waals surface area contributed by atoms with Crippen LogP contribution < -0.4 is 0 Å². The Labute approximate surface area is 134 Å². The van der Waals surface area contributed by atoms with Crippen molar-refractivity contribution in [3.8, 4) is 10.4 Å². The van der Waals surface area contributed by atoms with Gasteiger partial charge < -0.3 is 0 Å². The van der Waals surface area contributed by atoms with Gasteiger partial charge in [0.25, 0.3) is 0 Å². The minimum atomic E-state index is 1.000. The minimum absolute atomic E-state index is 1.000. The molecule has 102 valence electrons. The molecule has 4 aromatic rings. The highest BCUT2D eigenvalue weighted by Gasteiger charge is 2.14. The highest BCUT2D eigenvalue weighted by Crippen LogP contribution is 2.42.